The molecular formula is C16H17N3O2. The van der Waals surface area contributed by atoms with E-state index >= 15 is 0 Å². The number of methoxy groups -OCH3 is 1. The van der Waals surface area contributed by atoms with Crippen LogP contribution in [0.1, 0.15) is 36.7 Å². The number of rotatable bonds is 3. The first-order valence-electron chi connectivity index (χ1n) is 6.33. The van der Waals surface area contributed by atoms with Crippen LogP contribution in [0.4, 0.5) is 5.69 Å². The maximum Gasteiger partial charge on any atom is 0.337 e. The Bertz CT molecular complexity index is 640. The van der Waals surface area contributed by atoms with Crippen molar-refractivity contribution in [3.05, 3.63) is 41.1 Å². The van der Waals surface area contributed by atoms with Crippen LogP contribution < -0.4 is 5.32 Å². The van der Waals surface area contributed by atoms with Crippen LogP contribution in [-0.2, 0) is 10.2 Å². The summed E-state index contributed by atoms with van der Waals surface area (Å²) in [5.74, 6) is -0.405. The highest BCUT2D eigenvalue weighted by Crippen LogP contribution is 2.31. The normalized spacial score (nSPS) is 10.0. The summed E-state index contributed by atoms with van der Waals surface area (Å²) in [6, 6.07) is 8.68. The van der Waals surface area contributed by atoms with E-state index in [1.54, 1.807) is 30.3 Å². The average Bonchev–Trinajstić information content (AvgIpc) is 2.46. The maximum atomic E-state index is 11.6. The lowest BCUT2D eigenvalue weighted by Crippen LogP contribution is -2.15. The van der Waals surface area contributed by atoms with Crippen molar-refractivity contribution in [2.45, 2.75) is 26.2 Å². The first-order chi connectivity index (χ1) is 9.83. The third-order valence-corrected chi connectivity index (χ3v) is 2.86. The molecule has 1 rings (SSSR count). The summed E-state index contributed by atoms with van der Waals surface area (Å²) in [7, 11) is 1.33. The zero-order valence-corrected chi connectivity index (χ0v) is 12.5. The second-order valence-corrected chi connectivity index (χ2v) is 5.43. The molecule has 0 heterocycles. The molecule has 1 aromatic carbocycles. The molecule has 0 spiro atoms. The zero-order valence-electron chi connectivity index (χ0n) is 12.5. The number of anilines is 1. The number of esters is 1. The second kappa shape index (κ2) is 6.58. The minimum Gasteiger partial charge on any atom is -0.465 e. The molecular weight excluding hydrogens is 266 g/mol. The first-order valence-corrected chi connectivity index (χ1v) is 6.33. The zero-order chi connectivity index (χ0) is 16.0. The molecule has 0 bridgehead atoms. The molecule has 0 aliphatic heterocycles. The van der Waals surface area contributed by atoms with Crippen LogP contribution in [0.25, 0.3) is 0 Å². The van der Waals surface area contributed by atoms with Crippen LogP contribution in [0.2, 0.25) is 0 Å². The van der Waals surface area contributed by atoms with Gasteiger partial charge in [-0.2, -0.15) is 10.5 Å². The number of nitrogens with zero attached hydrogens (tertiary/aromatic N) is 2. The molecule has 108 valence electrons. The van der Waals surface area contributed by atoms with Crippen molar-refractivity contribution in [1.29, 1.82) is 10.5 Å². The van der Waals surface area contributed by atoms with Gasteiger partial charge in [0.15, 0.2) is 0 Å². The highest BCUT2D eigenvalue weighted by Gasteiger charge is 2.20. The van der Waals surface area contributed by atoms with E-state index in [1.807, 2.05) is 20.8 Å². The molecule has 0 aliphatic rings. The van der Waals surface area contributed by atoms with Gasteiger partial charge in [-0.3, -0.25) is 0 Å². The fourth-order valence-electron chi connectivity index (χ4n) is 1.77. The van der Waals surface area contributed by atoms with E-state index in [1.165, 1.54) is 13.3 Å². The predicted octanol–water partition coefficient (Wildman–Crippen LogP) is 3.11. The molecule has 0 saturated carbocycles. The van der Waals surface area contributed by atoms with Crippen molar-refractivity contribution in [2.75, 3.05) is 12.4 Å². The SMILES string of the molecule is COC(=O)c1ccc(NC=C(C#N)C#N)c(C(C)(C)C)c1. The first kappa shape index (κ1) is 16.3. The summed E-state index contributed by atoms with van der Waals surface area (Å²) in [6.45, 7) is 6.02. The summed E-state index contributed by atoms with van der Waals surface area (Å²) < 4.78 is 4.72. The Morgan fingerprint density at radius 3 is 2.38 bits per heavy atom. The van der Waals surface area contributed by atoms with Crippen molar-refractivity contribution in [3.8, 4) is 12.1 Å². The quantitative estimate of drug-likeness (QED) is 0.680. The summed E-state index contributed by atoms with van der Waals surface area (Å²) in [5, 5.41) is 20.4. The molecule has 1 N–H and O–H groups in total. The lowest BCUT2D eigenvalue weighted by Gasteiger charge is -2.23. The van der Waals surface area contributed by atoms with Gasteiger partial charge >= 0.3 is 5.97 Å². The number of carbonyl (C=O) groups is 1. The molecule has 0 aromatic heterocycles. The van der Waals surface area contributed by atoms with Crippen LogP contribution >= 0.6 is 0 Å². The fourth-order valence-corrected chi connectivity index (χ4v) is 1.77. The van der Waals surface area contributed by atoms with Crippen LogP contribution in [0.3, 0.4) is 0 Å². The largest absolute Gasteiger partial charge is 0.465 e. The Morgan fingerprint density at radius 1 is 1.29 bits per heavy atom. The fraction of sp³-hybridized carbons (Fsp3) is 0.312. The van der Waals surface area contributed by atoms with Crippen molar-refractivity contribution >= 4 is 11.7 Å². The van der Waals surface area contributed by atoms with Crippen LogP contribution in [0.5, 0.6) is 0 Å². The van der Waals surface area contributed by atoms with Crippen LogP contribution in [-0.4, -0.2) is 13.1 Å². The highest BCUT2D eigenvalue weighted by molar-refractivity contribution is 5.90. The van der Waals surface area contributed by atoms with Crippen LogP contribution in [0.15, 0.2) is 30.0 Å². The third-order valence-electron chi connectivity index (χ3n) is 2.86. The Morgan fingerprint density at radius 2 is 1.90 bits per heavy atom. The molecule has 21 heavy (non-hydrogen) atoms. The number of hydrogen-bond donors (Lipinski definition) is 1. The lowest BCUT2D eigenvalue weighted by atomic mass is 9.84. The molecule has 0 radical (unpaired) electrons. The number of ether oxygens (including phenoxy) is 1. The maximum absolute atomic E-state index is 11.6. The highest BCUT2D eigenvalue weighted by atomic mass is 16.5. The molecule has 0 unspecified atom stereocenters. The van der Waals surface area contributed by atoms with Gasteiger partial charge in [-0.15, -0.1) is 0 Å². The standard InChI is InChI=1S/C16H17N3O2/c1-16(2,3)13-7-12(15(20)21-4)5-6-14(13)19-10-11(8-17)9-18/h5-7,10,19H,1-4H3. The Labute approximate surface area is 124 Å². The van der Waals surface area contributed by atoms with E-state index < -0.39 is 5.97 Å². The van der Waals surface area contributed by atoms with E-state index in [9.17, 15) is 4.79 Å². The average molecular weight is 283 g/mol. The van der Waals surface area contributed by atoms with Crippen LogP contribution in [0, 0.1) is 22.7 Å². The number of allylic oxidation sites excluding steroid dienone is 1. The van der Waals surface area contributed by atoms with E-state index in [-0.39, 0.29) is 11.0 Å². The van der Waals surface area contributed by atoms with Gasteiger partial charge in [-0.25, -0.2) is 4.79 Å². The molecule has 0 fully saturated rings. The second-order valence-electron chi connectivity index (χ2n) is 5.43. The number of hydrogen-bond acceptors (Lipinski definition) is 5. The summed E-state index contributed by atoms with van der Waals surface area (Å²) in [6.07, 6.45) is 1.35. The van der Waals surface area contributed by atoms with Crippen molar-refractivity contribution in [2.24, 2.45) is 0 Å². The Kier molecular flexibility index (Phi) is 5.10. The summed E-state index contributed by atoms with van der Waals surface area (Å²) >= 11 is 0. The summed E-state index contributed by atoms with van der Waals surface area (Å²) in [5.41, 5.74) is 1.83. The van der Waals surface area contributed by atoms with E-state index in [4.69, 9.17) is 15.3 Å². The number of nitrogens with one attached hydrogen (secondary N) is 1. The van der Waals surface area contributed by atoms with Gasteiger partial charge in [-0.1, -0.05) is 20.8 Å². The Balaban J connectivity index is 3.28. The number of benzene rings is 1. The third kappa shape index (κ3) is 4.09. The van der Waals surface area contributed by atoms with Gasteiger partial charge in [0.1, 0.15) is 17.7 Å². The number of carbonyl (C=O) groups excluding carboxylic acids is 1. The van der Waals surface area contributed by atoms with E-state index in [2.05, 4.69) is 5.32 Å². The predicted molar refractivity (Wildman–Crippen MR) is 79.4 cm³/mol. The molecule has 1 aromatic rings. The van der Waals surface area contributed by atoms with E-state index in [0.717, 1.165) is 11.3 Å². The monoisotopic (exact) mass is 283 g/mol. The minimum absolute atomic E-state index is 0.0214. The molecule has 0 aliphatic carbocycles. The smallest absolute Gasteiger partial charge is 0.337 e. The molecule has 5 heteroatoms. The minimum atomic E-state index is -0.405. The van der Waals surface area contributed by atoms with Crippen molar-refractivity contribution in [3.63, 3.8) is 0 Å². The van der Waals surface area contributed by atoms with Crippen molar-refractivity contribution in [1.82, 2.24) is 0 Å². The molecule has 0 atom stereocenters. The topological polar surface area (TPSA) is 85.9 Å². The molecule has 0 amide bonds. The van der Waals surface area contributed by atoms with Gasteiger partial charge in [0.05, 0.1) is 12.7 Å². The van der Waals surface area contributed by atoms with E-state index in [0.29, 0.717) is 5.56 Å². The lowest BCUT2D eigenvalue weighted by molar-refractivity contribution is 0.0600. The Hall–Kier alpha value is -2.79. The van der Waals surface area contributed by atoms with Gasteiger partial charge < -0.3 is 10.1 Å². The van der Waals surface area contributed by atoms with Gasteiger partial charge in [0.2, 0.25) is 0 Å². The van der Waals surface area contributed by atoms with Gasteiger partial charge in [0, 0.05) is 11.9 Å². The molecule has 0 saturated heterocycles. The van der Waals surface area contributed by atoms with Crippen molar-refractivity contribution < 1.29 is 9.53 Å². The van der Waals surface area contributed by atoms with Gasteiger partial charge in [0.25, 0.3) is 0 Å². The molecule has 5 nitrogen and oxygen atoms in total. The van der Waals surface area contributed by atoms with Gasteiger partial charge in [-0.05, 0) is 29.2 Å². The summed E-state index contributed by atoms with van der Waals surface area (Å²) in [4.78, 5) is 11.6. The number of nitriles is 2.